The summed E-state index contributed by atoms with van der Waals surface area (Å²) in [6.07, 6.45) is 1.30. The van der Waals surface area contributed by atoms with E-state index in [-0.39, 0.29) is 24.0 Å². The van der Waals surface area contributed by atoms with Crippen LogP contribution in [-0.2, 0) is 20.1 Å². The lowest BCUT2D eigenvalue weighted by Gasteiger charge is -2.30. The number of hydrogen-bond acceptors (Lipinski definition) is 3. The van der Waals surface area contributed by atoms with Crippen LogP contribution in [0.4, 0.5) is 0 Å². The van der Waals surface area contributed by atoms with Gasteiger partial charge in [-0.1, -0.05) is 60.7 Å². The van der Waals surface area contributed by atoms with Crippen molar-refractivity contribution in [1.82, 2.24) is 4.90 Å². The van der Waals surface area contributed by atoms with Crippen molar-refractivity contribution in [2.45, 2.75) is 30.8 Å². The van der Waals surface area contributed by atoms with Gasteiger partial charge < -0.3 is 14.4 Å². The van der Waals surface area contributed by atoms with Gasteiger partial charge in [-0.2, -0.15) is 0 Å². The molecule has 4 nitrogen and oxygen atoms in total. The molecule has 0 radical (unpaired) electrons. The normalized spacial score (nSPS) is 27.0. The molecule has 0 N–H and O–H groups in total. The molecule has 1 amide bonds. The van der Waals surface area contributed by atoms with Crippen LogP contribution in [0.25, 0.3) is 0 Å². The molecular formula is C21H23NO3. The van der Waals surface area contributed by atoms with Crippen LogP contribution in [0.2, 0.25) is 0 Å². The lowest BCUT2D eigenvalue weighted by molar-refractivity contribution is -0.162. The van der Waals surface area contributed by atoms with Gasteiger partial charge in [-0.05, 0) is 12.8 Å². The first-order chi connectivity index (χ1) is 12.1. The molecule has 130 valence electrons. The number of fused-ring (bicyclic) bond motifs is 1. The molecule has 4 heteroatoms. The largest absolute Gasteiger partial charge is 0.349 e. The summed E-state index contributed by atoms with van der Waals surface area (Å²) in [5.74, 6) is -0.745. The summed E-state index contributed by atoms with van der Waals surface area (Å²) in [5.41, 5.74) is 1.98. The van der Waals surface area contributed by atoms with E-state index in [4.69, 9.17) is 9.47 Å². The lowest BCUT2D eigenvalue weighted by atomic mass is 9.97. The Labute approximate surface area is 148 Å². The van der Waals surface area contributed by atoms with Crippen molar-refractivity contribution in [3.63, 3.8) is 0 Å². The molecule has 0 aromatic heterocycles. The Morgan fingerprint density at radius 1 is 0.880 bits per heavy atom. The van der Waals surface area contributed by atoms with Gasteiger partial charge in [-0.3, -0.25) is 4.79 Å². The van der Waals surface area contributed by atoms with Crippen LogP contribution in [0, 0.1) is 5.92 Å². The maximum absolute atomic E-state index is 12.3. The zero-order valence-electron chi connectivity index (χ0n) is 14.6. The van der Waals surface area contributed by atoms with Crippen LogP contribution in [0.15, 0.2) is 60.7 Å². The highest BCUT2D eigenvalue weighted by Crippen LogP contribution is 2.49. The molecule has 2 fully saturated rings. The monoisotopic (exact) mass is 337 g/mol. The first-order valence-electron chi connectivity index (χ1n) is 8.78. The van der Waals surface area contributed by atoms with Gasteiger partial charge in [0, 0.05) is 31.1 Å². The first-order valence-corrected chi connectivity index (χ1v) is 8.78. The van der Waals surface area contributed by atoms with Gasteiger partial charge in [0.15, 0.2) is 0 Å². The Balaban J connectivity index is 1.65. The van der Waals surface area contributed by atoms with Crippen molar-refractivity contribution in [2.24, 2.45) is 5.92 Å². The van der Waals surface area contributed by atoms with E-state index in [1.165, 1.54) is 0 Å². The van der Waals surface area contributed by atoms with Crippen LogP contribution >= 0.6 is 0 Å². The van der Waals surface area contributed by atoms with Gasteiger partial charge in [0.2, 0.25) is 11.7 Å². The predicted molar refractivity (Wildman–Crippen MR) is 94.8 cm³/mol. The number of carbonyl (C=O) groups is 1. The minimum atomic E-state index is -0.885. The molecule has 1 aliphatic carbocycles. The third-order valence-electron chi connectivity index (χ3n) is 5.18. The van der Waals surface area contributed by atoms with Crippen LogP contribution in [0.5, 0.6) is 0 Å². The van der Waals surface area contributed by atoms with Gasteiger partial charge in [0.05, 0.1) is 12.2 Å². The first kappa shape index (κ1) is 16.3. The average Bonchev–Trinajstić information content (AvgIpc) is 3.19. The Morgan fingerprint density at radius 2 is 1.32 bits per heavy atom. The van der Waals surface area contributed by atoms with E-state index in [0.29, 0.717) is 12.8 Å². The summed E-state index contributed by atoms with van der Waals surface area (Å²) in [6, 6.07) is 20.1. The summed E-state index contributed by atoms with van der Waals surface area (Å²) in [7, 11) is 3.60. The molecule has 4 rings (SSSR count). The quantitative estimate of drug-likeness (QED) is 0.863. The number of hydrogen-bond donors (Lipinski definition) is 0. The lowest BCUT2D eigenvalue weighted by Crippen LogP contribution is -2.33. The van der Waals surface area contributed by atoms with Crippen molar-refractivity contribution in [2.75, 3.05) is 14.1 Å². The fourth-order valence-corrected chi connectivity index (χ4v) is 3.98. The Bertz CT molecular complexity index is 689. The molecule has 1 saturated carbocycles. The number of nitrogens with zero attached hydrogens (tertiary/aromatic N) is 1. The second-order valence-electron chi connectivity index (χ2n) is 7.06. The Kier molecular flexibility index (Phi) is 4.10. The highest BCUT2D eigenvalue weighted by molar-refractivity contribution is 5.78. The third-order valence-corrected chi connectivity index (χ3v) is 5.18. The molecule has 1 unspecified atom stereocenters. The number of ether oxygens (including phenoxy) is 2. The zero-order valence-corrected chi connectivity index (χ0v) is 14.6. The molecule has 1 saturated heterocycles. The van der Waals surface area contributed by atoms with Crippen molar-refractivity contribution in [1.29, 1.82) is 0 Å². The van der Waals surface area contributed by atoms with Gasteiger partial charge in [-0.25, -0.2) is 0 Å². The van der Waals surface area contributed by atoms with E-state index < -0.39 is 5.79 Å². The number of carbonyl (C=O) groups excluding carboxylic acids is 1. The number of benzene rings is 2. The highest BCUT2D eigenvalue weighted by atomic mass is 16.8. The molecule has 1 aliphatic heterocycles. The van der Waals surface area contributed by atoms with Gasteiger partial charge >= 0.3 is 0 Å². The van der Waals surface area contributed by atoms with E-state index in [0.717, 1.165) is 11.1 Å². The summed E-state index contributed by atoms with van der Waals surface area (Å²) in [4.78, 5) is 14.0. The van der Waals surface area contributed by atoms with Gasteiger partial charge in [0.1, 0.15) is 0 Å². The summed E-state index contributed by atoms with van der Waals surface area (Å²) in [6.45, 7) is 0. The molecule has 0 bridgehead atoms. The summed E-state index contributed by atoms with van der Waals surface area (Å²) in [5, 5.41) is 0. The molecule has 1 heterocycles. The average molecular weight is 337 g/mol. The maximum Gasteiger partial charge on any atom is 0.225 e. The Hall–Kier alpha value is -2.17. The number of rotatable bonds is 3. The van der Waals surface area contributed by atoms with Crippen LogP contribution in [0.1, 0.15) is 24.0 Å². The molecule has 2 aliphatic rings. The van der Waals surface area contributed by atoms with Gasteiger partial charge in [0.25, 0.3) is 0 Å². The van der Waals surface area contributed by atoms with Gasteiger partial charge in [-0.15, -0.1) is 0 Å². The molecule has 2 aromatic carbocycles. The zero-order chi connectivity index (χ0) is 17.4. The minimum absolute atomic E-state index is 0.0189. The smallest absolute Gasteiger partial charge is 0.225 e. The topological polar surface area (TPSA) is 38.8 Å². The Morgan fingerprint density at radius 3 is 1.72 bits per heavy atom. The summed E-state index contributed by atoms with van der Waals surface area (Å²) >= 11 is 0. The predicted octanol–water partition coefficient (Wildman–Crippen LogP) is 3.17. The fraction of sp³-hybridized carbons (Fsp3) is 0.381. The van der Waals surface area contributed by atoms with Crippen molar-refractivity contribution in [3.05, 3.63) is 71.8 Å². The van der Waals surface area contributed by atoms with Crippen LogP contribution in [-0.4, -0.2) is 37.1 Å². The fourth-order valence-electron chi connectivity index (χ4n) is 3.98. The SMILES string of the molecule is CN(C)C(=O)C1C[C@@H]2OC(c3ccccc3)(c3ccccc3)O[C@@H]2C1. The van der Waals surface area contributed by atoms with E-state index >= 15 is 0 Å². The molecular weight excluding hydrogens is 314 g/mol. The second kappa shape index (κ2) is 6.28. The molecule has 25 heavy (non-hydrogen) atoms. The highest BCUT2D eigenvalue weighted by Gasteiger charge is 2.54. The van der Waals surface area contributed by atoms with Crippen LogP contribution in [0.3, 0.4) is 0 Å². The molecule has 2 aromatic rings. The van der Waals surface area contributed by atoms with E-state index in [9.17, 15) is 4.79 Å². The van der Waals surface area contributed by atoms with E-state index in [2.05, 4.69) is 0 Å². The maximum atomic E-state index is 12.3. The van der Waals surface area contributed by atoms with E-state index in [1.807, 2.05) is 60.7 Å². The van der Waals surface area contributed by atoms with Crippen LogP contribution < -0.4 is 0 Å². The minimum Gasteiger partial charge on any atom is -0.349 e. The van der Waals surface area contributed by atoms with Crippen molar-refractivity contribution in [3.8, 4) is 0 Å². The summed E-state index contributed by atoms with van der Waals surface area (Å²) < 4.78 is 13.0. The molecule has 3 atom stereocenters. The third kappa shape index (κ3) is 2.75. The van der Waals surface area contributed by atoms with Crippen molar-refractivity contribution < 1.29 is 14.3 Å². The standard InChI is InChI=1S/C21H23NO3/c1-22(2)20(23)15-13-18-19(14-15)25-21(24-18,16-9-5-3-6-10-16)17-11-7-4-8-12-17/h3-12,15,18-19H,13-14H2,1-2H3/t15?,18-,19+. The van der Waals surface area contributed by atoms with Crippen molar-refractivity contribution >= 4 is 5.91 Å². The number of amides is 1. The molecule has 0 spiro atoms. The van der Waals surface area contributed by atoms with E-state index in [1.54, 1.807) is 19.0 Å². The second-order valence-corrected chi connectivity index (χ2v) is 7.06.